The standard InChI is InChI=1S/C8H15NO3/c1-4-8(12-7(3)11)5-9-6(2)10/h8H,4-5H2,1-3H3,(H,9,10). The normalized spacial score (nSPS) is 11.9. The Morgan fingerprint density at radius 2 is 2.00 bits per heavy atom. The topological polar surface area (TPSA) is 55.4 Å². The zero-order chi connectivity index (χ0) is 9.56. The average Bonchev–Trinajstić information content (AvgIpc) is 1.97. The van der Waals surface area contributed by atoms with E-state index >= 15 is 0 Å². The molecule has 1 unspecified atom stereocenters. The molecule has 1 amide bonds. The van der Waals surface area contributed by atoms with E-state index < -0.39 is 0 Å². The van der Waals surface area contributed by atoms with Crippen LogP contribution >= 0.6 is 0 Å². The molecule has 70 valence electrons. The highest BCUT2D eigenvalue weighted by Gasteiger charge is 2.08. The van der Waals surface area contributed by atoms with Crippen LogP contribution in [0.15, 0.2) is 0 Å². The van der Waals surface area contributed by atoms with Crippen molar-refractivity contribution in [2.45, 2.75) is 33.3 Å². The molecule has 4 nitrogen and oxygen atoms in total. The number of amides is 1. The van der Waals surface area contributed by atoms with Crippen molar-refractivity contribution in [2.24, 2.45) is 0 Å². The molecule has 4 heteroatoms. The molecule has 0 aromatic heterocycles. The van der Waals surface area contributed by atoms with E-state index in [1.165, 1.54) is 13.8 Å². The number of rotatable bonds is 4. The van der Waals surface area contributed by atoms with Gasteiger partial charge in [0.25, 0.3) is 0 Å². The third-order valence-corrected chi connectivity index (χ3v) is 1.37. The first-order valence-electron chi connectivity index (χ1n) is 3.98. The third kappa shape index (κ3) is 5.70. The molecule has 0 bridgehead atoms. The predicted octanol–water partition coefficient (Wildman–Crippen LogP) is 0.464. The van der Waals surface area contributed by atoms with Crippen molar-refractivity contribution < 1.29 is 14.3 Å². The maximum absolute atomic E-state index is 10.5. The molecular formula is C8H15NO3. The van der Waals surface area contributed by atoms with Gasteiger partial charge in [-0.1, -0.05) is 6.92 Å². The molecule has 1 N–H and O–H groups in total. The van der Waals surface area contributed by atoms with Gasteiger partial charge in [-0.05, 0) is 6.42 Å². The van der Waals surface area contributed by atoms with Crippen LogP contribution in [-0.4, -0.2) is 24.5 Å². The van der Waals surface area contributed by atoms with Gasteiger partial charge in [0.15, 0.2) is 0 Å². The van der Waals surface area contributed by atoms with Crippen molar-refractivity contribution in [3.63, 3.8) is 0 Å². The Morgan fingerprint density at radius 1 is 1.42 bits per heavy atom. The van der Waals surface area contributed by atoms with E-state index in [1.807, 2.05) is 6.92 Å². The molecule has 12 heavy (non-hydrogen) atoms. The molecular weight excluding hydrogens is 158 g/mol. The lowest BCUT2D eigenvalue weighted by molar-refractivity contribution is -0.146. The Labute approximate surface area is 72.3 Å². The van der Waals surface area contributed by atoms with Crippen LogP contribution in [-0.2, 0) is 14.3 Å². The summed E-state index contributed by atoms with van der Waals surface area (Å²) in [5.41, 5.74) is 0. The van der Waals surface area contributed by atoms with E-state index in [9.17, 15) is 9.59 Å². The summed E-state index contributed by atoms with van der Waals surface area (Å²) < 4.78 is 4.90. The van der Waals surface area contributed by atoms with E-state index in [4.69, 9.17) is 4.74 Å². The van der Waals surface area contributed by atoms with Crippen LogP contribution in [0.5, 0.6) is 0 Å². The zero-order valence-corrected chi connectivity index (χ0v) is 7.72. The first-order chi connectivity index (χ1) is 5.56. The quantitative estimate of drug-likeness (QED) is 0.628. The predicted molar refractivity (Wildman–Crippen MR) is 44.5 cm³/mol. The first kappa shape index (κ1) is 10.9. The van der Waals surface area contributed by atoms with Crippen molar-refractivity contribution >= 4 is 11.9 Å². The number of hydrogen-bond donors (Lipinski definition) is 1. The number of ether oxygens (including phenoxy) is 1. The molecule has 0 aliphatic rings. The fraction of sp³-hybridized carbons (Fsp3) is 0.750. The molecule has 0 aliphatic carbocycles. The van der Waals surface area contributed by atoms with Crippen molar-refractivity contribution in [2.75, 3.05) is 6.54 Å². The van der Waals surface area contributed by atoms with Crippen LogP contribution in [0.25, 0.3) is 0 Å². The summed E-state index contributed by atoms with van der Waals surface area (Å²) in [6, 6.07) is 0. The fourth-order valence-electron chi connectivity index (χ4n) is 0.762. The van der Waals surface area contributed by atoms with Crippen molar-refractivity contribution in [1.29, 1.82) is 0 Å². The second-order valence-corrected chi connectivity index (χ2v) is 2.58. The van der Waals surface area contributed by atoms with Gasteiger partial charge >= 0.3 is 5.97 Å². The molecule has 0 spiro atoms. The SMILES string of the molecule is CCC(CNC(C)=O)OC(C)=O. The summed E-state index contributed by atoms with van der Waals surface area (Å²) in [7, 11) is 0. The van der Waals surface area contributed by atoms with E-state index in [0.29, 0.717) is 13.0 Å². The highest BCUT2D eigenvalue weighted by molar-refractivity contribution is 5.72. The Kier molecular flexibility index (Phi) is 5.08. The Hall–Kier alpha value is -1.06. The third-order valence-electron chi connectivity index (χ3n) is 1.37. The van der Waals surface area contributed by atoms with Gasteiger partial charge in [-0.15, -0.1) is 0 Å². The van der Waals surface area contributed by atoms with Gasteiger partial charge in [0.1, 0.15) is 6.10 Å². The minimum atomic E-state index is -0.313. The zero-order valence-electron chi connectivity index (χ0n) is 7.72. The second-order valence-electron chi connectivity index (χ2n) is 2.58. The Morgan fingerprint density at radius 3 is 2.33 bits per heavy atom. The molecule has 0 fully saturated rings. The van der Waals surface area contributed by atoms with E-state index in [1.54, 1.807) is 0 Å². The van der Waals surface area contributed by atoms with E-state index in [0.717, 1.165) is 0 Å². The van der Waals surface area contributed by atoms with Crippen LogP contribution in [0.3, 0.4) is 0 Å². The highest BCUT2D eigenvalue weighted by atomic mass is 16.5. The van der Waals surface area contributed by atoms with Crippen molar-refractivity contribution in [1.82, 2.24) is 5.32 Å². The van der Waals surface area contributed by atoms with Crippen LogP contribution in [0.2, 0.25) is 0 Å². The van der Waals surface area contributed by atoms with Gasteiger partial charge in [-0.2, -0.15) is 0 Å². The van der Waals surface area contributed by atoms with E-state index in [2.05, 4.69) is 5.32 Å². The summed E-state index contributed by atoms with van der Waals surface area (Å²) in [5, 5.41) is 2.59. The summed E-state index contributed by atoms with van der Waals surface area (Å²) in [5.74, 6) is -0.423. The van der Waals surface area contributed by atoms with Gasteiger partial charge in [-0.25, -0.2) is 0 Å². The molecule has 0 saturated carbocycles. The fourth-order valence-corrected chi connectivity index (χ4v) is 0.762. The first-order valence-corrected chi connectivity index (χ1v) is 3.98. The smallest absolute Gasteiger partial charge is 0.302 e. The summed E-state index contributed by atoms with van der Waals surface area (Å²) in [4.78, 5) is 21.0. The highest BCUT2D eigenvalue weighted by Crippen LogP contribution is 1.96. The molecule has 0 saturated heterocycles. The lowest BCUT2D eigenvalue weighted by atomic mass is 10.3. The summed E-state index contributed by atoms with van der Waals surface area (Å²) in [6.07, 6.45) is 0.506. The number of hydrogen-bond acceptors (Lipinski definition) is 3. The van der Waals surface area contributed by atoms with Gasteiger partial charge in [0.2, 0.25) is 5.91 Å². The molecule has 0 radical (unpaired) electrons. The Balaban J connectivity index is 3.67. The van der Waals surface area contributed by atoms with Crippen LogP contribution in [0.4, 0.5) is 0 Å². The number of esters is 1. The monoisotopic (exact) mass is 173 g/mol. The largest absolute Gasteiger partial charge is 0.461 e. The lowest BCUT2D eigenvalue weighted by Crippen LogP contribution is -2.32. The van der Waals surface area contributed by atoms with Crippen LogP contribution in [0.1, 0.15) is 27.2 Å². The molecule has 0 aliphatic heterocycles. The average molecular weight is 173 g/mol. The minimum absolute atomic E-state index is 0.111. The van der Waals surface area contributed by atoms with Crippen molar-refractivity contribution in [3.8, 4) is 0 Å². The van der Waals surface area contributed by atoms with Crippen molar-refractivity contribution in [3.05, 3.63) is 0 Å². The van der Waals surface area contributed by atoms with Gasteiger partial charge in [0.05, 0.1) is 6.54 Å². The van der Waals surface area contributed by atoms with Gasteiger partial charge in [-0.3, -0.25) is 9.59 Å². The van der Waals surface area contributed by atoms with Gasteiger partial charge < -0.3 is 10.1 Å². The van der Waals surface area contributed by atoms with E-state index in [-0.39, 0.29) is 18.0 Å². The minimum Gasteiger partial charge on any atom is -0.461 e. The summed E-state index contributed by atoms with van der Waals surface area (Å²) in [6.45, 7) is 5.08. The Bertz CT molecular complexity index is 168. The molecule has 0 aromatic rings. The molecule has 0 rings (SSSR count). The lowest BCUT2D eigenvalue weighted by Gasteiger charge is -2.14. The second kappa shape index (κ2) is 5.57. The molecule has 1 atom stereocenters. The maximum Gasteiger partial charge on any atom is 0.302 e. The van der Waals surface area contributed by atoms with Crippen LogP contribution in [0, 0.1) is 0 Å². The van der Waals surface area contributed by atoms with Gasteiger partial charge in [0, 0.05) is 13.8 Å². The number of nitrogens with one attached hydrogen (secondary N) is 1. The number of carbonyl (C=O) groups is 2. The number of carbonyl (C=O) groups excluding carboxylic acids is 2. The maximum atomic E-state index is 10.5. The molecule has 0 aromatic carbocycles. The van der Waals surface area contributed by atoms with Crippen LogP contribution < -0.4 is 5.32 Å². The summed E-state index contributed by atoms with van der Waals surface area (Å²) >= 11 is 0. The molecule has 0 heterocycles.